The average molecular weight is 218 g/mol. The van der Waals surface area contributed by atoms with E-state index < -0.39 is 5.97 Å². The minimum Gasteiger partial charge on any atom is -0.423 e. The number of benzene rings is 1. The van der Waals surface area contributed by atoms with E-state index in [0.29, 0.717) is 11.7 Å². The molecule has 0 aliphatic rings. The molecule has 0 amide bonds. The van der Waals surface area contributed by atoms with Gasteiger partial charge in [0.2, 0.25) is 0 Å². The second-order valence-corrected chi connectivity index (χ2v) is 4.38. The van der Waals surface area contributed by atoms with Gasteiger partial charge in [0.1, 0.15) is 5.75 Å². The summed E-state index contributed by atoms with van der Waals surface area (Å²) in [6.07, 6.45) is 2.16. The van der Waals surface area contributed by atoms with Crippen LogP contribution in [0.4, 0.5) is 0 Å². The van der Waals surface area contributed by atoms with Gasteiger partial charge < -0.3 is 4.74 Å². The molecule has 86 valence electrons. The van der Waals surface area contributed by atoms with E-state index in [9.17, 15) is 4.79 Å². The number of rotatable bonds is 4. The topological polar surface area (TPSA) is 26.3 Å². The van der Waals surface area contributed by atoms with Crippen molar-refractivity contribution in [1.82, 2.24) is 0 Å². The summed E-state index contributed by atoms with van der Waals surface area (Å²) in [5, 5.41) is 0. The maximum Gasteiger partial charge on any atom is 0.335 e. The molecule has 0 N–H and O–H groups in total. The first-order valence-electron chi connectivity index (χ1n) is 5.46. The van der Waals surface area contributed by atoms with E-state index in [1.54, 1.807) is 0 Å². The van der Waals surface area contributed by atoms with Crippen LogP contribution in [0.25, 0.3) is 0 Å². The molecule has 0 atom stereocenters. The summed E-state index contributed by atoms with van der Waals surface area (Å²) >= 11 is 0. The first-order chi connectivity index (χ1) is 7.51. The van der Waals surface area contributed by atoms with Crippen molar-refractivity contribution in [1.29, 1.82) is 0 Å². The molecule has 0 radical (unpaired) electrons. The molecule has 0 unspecified atom stereocenters. The number of carbonyl (C=O) groups excluding carboxylic acids is 1. The van der Waals surface area contributed by atoms with E-state index in [1.807, 2.05) is 19.1 Å². The van der Waals surface area contributed by atoms with Gasteiger partial charge in [-0.3, -0.25) is 0 Å². The summed E-state index contributed by atoms with van der Waals surface area (Å²) in [7, 11) is 0. The lowest BCUT2D eigenvalue weighted by molar-refractivity contribution is -0.128. The van der Waals surface area contributed by atoms with Crippen molar-refractivity contribution in [2.75, 3.05) is 0 Å². The second-order valence-electron chi connectivity index (χ2n) is 4.38. The lowest BCUT2D eigenvalue weighted by Crippen LogP contribution is -2.04. The Balaban J connectivity index is 2.89. The third-order valence-electron chi connectivity index (χ3n) is 2.14. The van der Waals surface area contributed by atoms with Crippen LogP contribution in [0.3, 0.4) is 0 Å². The van der Waals surface area contributed by atoms with Gasteiger partial charge in [0, 0.05) is 6.08 Å². The minimum absolute atomic E-state index is 0.416. The van der Waals surface area contributed by atoms with Crippen molar-refractivity contribution in [2.24, 2.45) is 5.92 Å². The fourth-order valence-corrected chi connectivity index (χ4v) is 1.63. The highest BCUT2D eigenvalue weighted by atomic mass is 16.5. The largest absolute Gasteiger partial charge is 0.423 e. The van der Waals surface area contributed by atoms with E-state index in [0.717, 1.165) is 12.0 Å². The maximum atomic E-state index is 11.1. The Morgan fingerprint density at radius 1 is 1.44 bits per heavy atom. The van der Waals surface area contributed by atoms with Crippen LogP contribution in [-0.4, -0.2) is 5.97 Å². The highest BCUT2D eigenvalue weighted by Gasteiger charge is 2.04. The Morgan fingerprint density at radius 3 is 2.69 bits per heavy atom. The van der Waals surface area contributed by atoms with Crippen LogP contribution in [-0.2, 0) is 11.2 Å². The Bertz CT molecular complexity index is 392. The molecule has 0 aliphatic heterocycles. The molecule has 0 aromatic heterocycles. The minimum atomic E-state index is -0.416. The van der Waals surface area contributed by atoms with Crippen LogP contribution in [0.5, 0.6) is 5.75 Å². The molecule has 0 fully saturated rings. The van der Waals surface area contributed by atoms with Crippen molar-refractivity contribution in [3.63, 3.8) is 0 Å². The van der Waals surface area contributed by atoms with Crippen molar-refractivity contribution < 1.29 is 9.53 Å². The SMILES string of the molecule is C=CC(=O)Oc1cc(C)cc(CC(C)C)c1. The number of esters is 1. The van der Waals surface area contributed by atoms with Crippen LogP contribution in [0.15, 0.2) is 30.9 Å². The van der Waals surface area contributed by atoms with Crippen LogP contribution >= 0.6 is 0 Å². The van der Waals surface area contributed by atoms with Crippen LogP contribution in [0.1, 0.15) is 25.0 Å². The molecule has 1 aromatic rings. The summed E-state index contributed by atoms with van der Waals surface area (Å²) < 4.78 is 5.11. The maximum absolute atomic E-state index is 11.1. The highest BCUT2D eigenvalue weighted by Crippen LogP contribution is 2.19. The molecule has 0 aliphatic carbocycles. The normalized spacial score (nSPS) is 10.2. The summed E-state index contributed by atoms with van der Waals surface area (Å²) in [4.78, 5) is 11.1. The van der Waals surface area contributed by atoms with Crippen LogP contribution in [0.2, 0.25) is 0 Å². The van der Waals surface area contributed by atoms with Gasteiger partial charge >= 0.3 is 5.97 Å². The quantitative estimate of drug-likeness (QED) is 0.440. The Labute approximate surface area is 96.9 Å². The van der Waals surface area contributed by atoms with Crippen LogP contribution < -0.4 is 4.74 Å². The lowest BCUT2D eigenvalue weighted by Gasteiger charge is -2.09. The van der Waals surface area contributed by atoms with Gasteiger partial charge in [0.25, 0.3) is 0 Å². The molecule has 2 nitrogen and oxygen atoms in total. The number of hydrogen-bond donors (Lipinski definition) is 0. The van der Waals surface area contributed by atoms with E-state index in [2.05, 4.69) is 26.5 Å². The molecule has 1 aromatic carbocycles. The fourth-order valence-electron chi connectivity index (χ4n) is 1.63. The Morgan fingerprint density at radius 2 is 2.12 bits per heavy atom. The molecular formula is C14H18O2. The monoisotopic (exact) mass is 218 g/mol. The third kappa shape index (κ3) is 3.89. The van der Waals surface area contributed by atoms with Crippen molar-refractivity contribution >= 4 is 5.97 Å². The molecule has 0 spiro atoms. The molecular weight excluding hydrogens is 200 g/mol. The van der Waals surface area contributed by atoms with Crippen molar-refractivity contribution in [3.8, 4) is 5.75 Å². The lowest BCUT2D eigenvalue weighted by atomic mass is 10.0. The number of carbonyl (C=O) groups is 1. The molecule has 16 heavy (non-hydrogen) atoms. The number of ether oxygens (including phenoxy) is 1. The number of aryl methyl sites for hydroxylation is 1. The van der Waals surface area contributed by atoms with E-state index in [1.165, 1.54) is 11.6 Å². The van der Waals surface area contributed by atoms with Gasteiger partial charge in [-0.15, -0.1) is 0 Å². The zero-order valence-electron chi connectivity index (χ0n) is 10.1. The zero-order valence-corrected chi connectivity index (χ0v) is 10.1. The van der Waals surface area contributed by atoms with Gasteiger partial charge in [-0.2, -0.15) is 0 Å². The van der Waals surface area contributed by atoms with E-state index in [-0.39, 0.29) is 0 Å². The van der Waals surface area contributed by atoms with Gasteiger partial charge in [-0.05, 0) is 42.5 Å². The van der Waals surface area contributed by atoms with Gasteiger partial charge in [0.15, 0.2) is 0 Å². The third-order valence-corrected chi connectivity index (χ3v) is 2.14. The summed E-state index contributed by atoms with van der Waals surface area (Å²) in [6.45, 7) is 9.70. The van der Waals surface area contributed by atoms with Crippen molar-refractivity contribution in [3.05, 3.63) is 42.0 Å². The highest BCUT2D eigenvalue weighted by molar-refractivity contribution is 5.83. The van der Waals surface area contributed by atoms with E-state index >= 15 is 0 Å². The predicted octanol–water partition coefficient (Wildman–Crippen LogP) is 3.28. The smallest absolute Gasteiger partial charge is 0.335 e. The summed E-state index contributed by atoms with van der Waals surface area (Å²) in [5.74, 6) is 0.770. The molecule has 0 bridgehead atoms. The first-order valence-corrected chi connectivity index (χ1v) is 5.46. The Kier molecular flexibility index (Phi) is 4.29. The first kappa shape index (κ1) is 12.5. The van der Waals surface area contributed by atoms with E-state index in [4.69, 9.17) is 4.74 Å². The van der Waals surface area contributed by atoms with Crippen molar-refractivity contribution in [2.45, 2.75) is 27.2 Å². The van der Waals surface area contributed by atoms with Crippen LogP contribution in [0, 0.1) is 12.8 Å². The summed E-state index contributed by atoms with van der Waals surface area (Å²) in [6, 6.07) is 5.88. The van der Waals surface area contributed by atoms with Gasteiger partial charge in [-0.1, -0.05) is 26.5 Å². The molecule has 0 heterocycles. The van der Waals surface area contributed by atoms with Gasteiger partial charge in [0.05, 0.1) is 0 Å². The molecule has 0 saturated carbocycles. The molecule has 1 rings (SSSR count). The standard InChI is InChI=1S/C14H18O2/c1-5-14(15)16-13-8-11(4)7-12(9-13)6-10(2)3/h5,7-10H,1,6H2,2-4H3. The Hall–Kier alpha value is -1.57. The average Bonchev–Trinajstić information content (AvgIpc) is 2.15. The molecule has 2 heteroatoms. The zero-order chi connectivity index (χ0) is 12.1. The summed E-state index contributed by atoms with van der Waals surface area (Å²) in [5.41, 5.74) is 2.30. The second kappa shape index (κ2) is 5.50. The molecule has 0 saturated heterocycles. The predicted molar refractivity (Wildman–Crippen MR) is 65.6 cm³/mol. The number of hydrogen-bond acceptors (Lipinski definition) is 2. The van der Waals surface area contributed by atoms with Gasteiger partial charge in [-0.25, -0.2) is 4.79 Å². The fraction of sp³-hybridized carbons (Fsp3) is 0.357.